The molecule has 0 aromatic carbocycles. The summed E-state index contributed by atoms with van der Waals surface area (Å²) in [6.07, 6.45) is -1.06. The van der Waals surface area contributed by atoms with E-state index in [0.717, 1.165) is 12.3 Å². The van der Waals surface area contributed by atoms with Crippen LogP contribution in [-0.4, -0.2) is 54.5 Å². The van der Waals surface area contributed by atoms with Crippen LogP contribution in [0.3, 0.4) is 0 Å². The van der Waals surface area contributed by atoms with Crippen molar-refractivity contribution in [1.82, 2.24) is 25.0 Å². The highest BCUT2D eigenvalue weighted by atomic mass is 19.4. The Balaban J connectivity index is 1.61. The molecule has 12 heteroatoms. The number of carbonyl (C=O) groups excluding carboxylic acids is 1. The number of aromatic nitrogens is 3. The molecule has 2 aliphatic rings. The fourth-order valence-electron chi connectivity index (χ4n) is 4.71. The van der Waals surface area contributed by atoms with Crippen molar-refractivity contribution in [3.8, 4) is 0 Å². The topological polar surface area (TPSA) is 121 Å². The number of carbonyl (C=O) groups is 2. The zero-order valence-electron chi connectivity index (χ0n) is 18.3. The van der Waals surface area contributed by atoms with E-state index >= 15 is 0 Å². The van der Waals surface area contributed by atoms with E-state index < -0.39 is 35.4 Å². The fourth-order valence-corrected chi connectivity index (χ4v) is 4.71. The van der Waals surface area contributed by atoms with Gasteiger partial charge in [0.25, 0.3) is 0 Å². The SMILES string of the molecule is Cn1nccc1C(O)C[C@]1(C(=O)N2CCc3ncc(C(F)(F)F)cc3C2)C=C[C@@H](NC(=O)O)C1. The molecule has 3 atom stereocenters. The summed E-state index contributed by atoms with van der Waals surface area (Å²) in [4.78, 5) is 30.3. The van der Waals surface area contributed by atoms with E-state index in [4.69, 9.17) is 5.11 Å². The van der Waals surface area contributed by atoms with Gasteiger partial charge in [0.1, 0.15) is 0 Å². The molecule has 1 aliphatic heterocycles. The average molecular weight is 479 g/mol. The Morgan fingerprint density at radius 2 is 2.15 bits per heavy atom. The highest BCUT2D eigenvalue weighted by Crippen LogP contribution is 2.43. The summed E-state index contributed by atoms with van der Waals surface area (Å²) in [6, 6.07) is 1.99. The van der Waals surface area contributed by atoms with Crippen LogP contribution < -0.4 is 5.32 Å². The number of rotatable bonds is 5. The lowest BCUT2D eigenvalue weighted by Crippen LogP contribution is -2.47. The number of carboxylic acid groups (broad SMARTS) is 1. The smallest absolute Gasteiger partial charge is 0.417 e. The molecule has 4 rings (SSSR count). The zero-order valence-corrected chi connectivity index (χ0v) is 18.3. The van der Waals surface area contributed by atoms with Crippen molar-refractivity contribution in [2.24, 2.45) is 12.5 Å². The first-order chi connectivity index (χ1) is 16.0. The van der Waals surface area contributed by atoms with Gasteiger partial charge >= 0.3 is 12.3 Å². The summed E-state index contributed by atoms with van der Waals surface area (Å²) in [7, 11) is 1.65. The largest absolute Gasteiger partial charge is 0.465 e. The van der Waals surface area contributed by atoms with Gasteiger partial charge < -0.3 is 20.4 Å². The van der Waals surface area contributed by atoms with Crippen LogP contribution in [-0.2, 0) is 31.0 Å². The van der Waals surface area contributed by atoms with E-state index in [0.29, 0.717) is 23.4 Å². The van der Waals surface area contributed by atoms with Crippen molar-refractivity contribution in [3.05, 3.63) is 59.2 Å². The van der Waals surface area contributed by atoms with Gasteiger partial charge in [-0.1, -0.05) is 12.2 Å². The van der Waals surface area contributed by atoms with Crippen LogP contribution in [0.25, 0.3) is 0 Å². The first-order valence-corrected chi connectivity index (χ1v) is 10.7. The number of halogens is 3. The van der Waals surface area contributed by atoms with E-state index in [2.05, 4.69) is 15.4 Å². The Labute approximate surface area is 192 Å². The van der Waals surface area contributed by atoms with Crippen molar-refractivity contribution in [2.45, 2.75) is 44.1 Å². The molecule has 2 amide bonds. The van der Waals surface area contributed by atoms with E-state index in [1.54, 1.807) is 25.3 Å². The van der Waals surface area contributed by atoms with Crippen molar-refractivity contribution in [3.63, 3.8) is 0 Å². The van der Waals surface area contributed by atoms with Crippen LogP contribution >= 0.6 is 0 Å². The number of hydrogen-bond donors (Lipinski definition) is 3. The van der Waals surface area contributed by atoms with E-state index in [1.165, 1.54) is 15.8 Å². The number of amides is 2. The average Bonchev–Trinajstić information content (AvgIpc) is 3.38. The number of alkyl halides is 3. The number of pyridine rings is 1. The predicted molar refractivity (Wildman–Crippen MR) is 112 cm³/mol. The molecular weight excluding hydrogens is 455 g/mol. The fraction of sp³-hybridized carbons (Fsp3) is 0.455. The van der Waals surface area contributed by atoms with Gasteiger partial charge in [-0.3, -0.25) is 14.5 Å². The summed E-state index contributed by atoms with van der Waals surface area (Å²) < 4.78 is 41.0. The molecule has 0 radical (unpaired) electrons. The first kappa shape index (κ1) is 23.7. The van der Waals surface area contributed by atoms with Gasteiger partial charge in [0.2, 0.25) is 5.91 Å². The maximum atomic E-state index is 13.8. The molecule has 3 N–H and O–H groups in total. The van der Waals surface area contributed by atoms with Crippen molar-refractivity contribution in [1.29, 1.82) is 0 Å². The van der Waals surface area contributed by atoms with Gasteiger partial charge in [0.15, 0.2) is 0 Å². The molecule has 0 saturated carbocycles. The summed E-state index contributed by atoms with van der Waals surface area (Å²) >= 11 is 0. The second-order valence-electron chi connectivity index (χ2n) is 8.68. The normalized spacial score (nSPS) is 23.0. The Morgan fingerprint density at radius 3 is 2.79 bits per heavy atom. The van der Waals surface area contributed by atoms with E-state index in [-0.39, 0.29) is 31.8 Å². The van der Waals surface area contributed by atoms with Crippen LogP contribution in [0, 0.1) is 5.41 Å². The quantitative estimate of drug-likeness (QED) is 0.567. The molecule has 0 fully saturated rings. The molecule has 34 heavy (non-hydrogen) atoms. The molecule has 182 valence electrons. The second-order valence-corrected chi connectivity index (χ2v) is 8.68. The van der Waals surface area contributed by atoms with Gasteiger partial charge in [-0.05, 0) is 30.5 Å². The van der Waals surface area contributed by atoms with Crippen LogP contribution in [0.15, 0.2) is 36.7 Å². The summed E-state index contributed by atoms with van der Waals surface area (Å²) in [5, 5.41) is 26.3. The van der Waals surface area contributed by atoms with Gasteiger partial charge in [-0.25, -0.2) is 4.79 Å². The minimum Gasteiger partial charge on any atom is -0.465 e. The monoisotopic (exact) mass is 479 g/mol. The molecule has 1 unspecified atom stereocenters. The molecular formula is C22H24F3N5O4. The molecule has 0 spiro atoms. The lowest BCUT2D eigenvalue weighted by Gasteiger charge is -2.37. The third-order valence-corrected chi connectivity index (χ3v) is 6.38. The molecule has 2 aromatic rings. The minimum absolute atomic E-state index is 0.0378. The molecule has 9 nitrogen and oxygen atoms in total. The van der Waals surface area contributed by atoms with Crippen LogP contribution in [0.5, 0.6) is 0 Å². The summed E-state index contributed by atoms with van der Waals surface area (Å²) in [5.41, 5.74) is -0.817. The van der Waals surface area contributed by atoms with Crippen molar-refractivity contribution < 1.29 is 33.0 Å². The first-order valence-electron chi connectivity index (χ1n) is 10.7. The van der Waals surface area contributed by atoms with E-state index in [1.807, 2.05) is 0 Å². The molecule has 0 bridgehead atoms. The predicted octanol–water partition coefficient (Wildman–Crippen LogP) is 2.42. The number of aryl methyl sites for hydroxylation is 1. The van der Waals surface area contributed by atoms with Crippen LogP contribution in [0.4, 0.5) is 18.0 Å². The lowest BCUT2D eigenvalue weighted by atomic mass is 9.78. The highest BCUT2D eigenvalue weighted by molar-refractivity contribution is 5.86. The number of aliphatic hydroxyl groups is 1. The molecule has 0 saturated heterocycles. The van der Waals surface area contributed by atoms with Crippen molar-refractivity contribution >= 4 is 12.0 Å². The zero-order chi connectivity index (χ0) is 24.7. The van der Waals surface area contributed by atoms with Gasteiger partial charge in [-0.2, -0.15) is 18.3 Å². The number of aliphatic hydroxyl groups excluding tert-OH is 1. The van der Waals surface area contributed by atoms with Gasteiger partial charge in [0.05, 0.1) is 28.8 Å². The maximum absolute atomic E-state index is 13.8. The molecule has 2 aromatic heterocycles. The van der Waals surface area contributed by atoms with Crippen LogP contribution in [0.1, 0.15) is 41.5 Å². The minimum atomic E-state index is -4.55. The Hall–Kier alpha value is -3.41. The Kier molecular flexibility index (Phi) is 6.11. The number of fused-ring (bicyclic) bond motifs is 1. The molecule has 1 aliphatic carbocycles. The van der Waals surface area contributed by atoms with Gasteiger partial charge in [-0.15, -0.1) is 0 Å². The highest BCUT2D eigenvalue weighted by Gasteiger charge is 2.46. The van der Waals surface area contributed by atoms with Gasteiger partial charge in [0, 0.05) is 44.6 Å². The van der Waals surface area contributed by atoms with Crippen LogP contribution in [0.2, 0.25) is 0 Å². The maximum Gasteiger partial charge on any atom is 0.417 e. The van der Waals surface area contributed by atoms with E-state index in [9.17, 15) is 27.9 Å². The Morgan fingerprint density at radius 1 is 1.38 bits per heavy atom. The molecule has 3 heterocycles. The number of nitrogens with zero attached hydrogens (tertiary/aromatic N) is 4. The second kappa shape index (κ2) is 8.75. The number of nitrogens with one attached hydrogen (secondary N) is 1. The Bertz CT molecular complexity index is 1130. The lowest BCUT2D eigenvalue weighted by molar-refractivity contribution is -0.142. The third-order valence-electron chi connectivity index (χ3n) is 6.38. The summed E-state index contributed by atoms with van der Waals surface area (Å²) in [6.45, 7) is 0.193. The summed E-state index contributed by atoms with van der Waals surface area (Å²) in [5.74, 6) is -0.386. The number of hydrogen-bond acceptors (Lipinski definition) is 5. The third kappa shape index (κ3) is 4.63. The van der Waals surface area contributed by atoms with Crippen molar-refractivity contribution in [2.75, 3.05) is 6.54 Å². The standard InChI is InChI=1S/C22H24F3N5O4/c1-29-17(3-6-27-29)18(31)10-21(5-2-15(9-21)28-20(33)34)19(32)30-7-4-16-13(12-30)8-14(11-26-16)22(23,24)25/h2-3,5-6,8,11,15,18,28,31H,4,7,9-10,12H2,1H3,(H,33,34)/t15-,18?,21+/m1/s1.